The van der Waals surface area contributed by atoms with Crippen LogP contribution in [0.5, 0.6) is 0 Å². The second kappa shape index (κ2) is 6.21. The summed E-state index contributed by atoms with van der Waals surface area (Å²) in [6.45, 7) is 1.41. The average Bonchev–Trinajstić information content (AvgIpc) is 2.95. The van der Waals surface area contributed by atoms with Crippen molar-refractivity contribution in [2.45, 2.75) is 13.5 Å². The van der Waals surface area contributed by atoms with Crippen molar-refractivity contribution < 1.29 is 4.79 Å². The second-order valence-electron chi connectivity index (χ2n) is 5.77. The zero-order valence-electron chi connectivity index (χ0n) is 13.9. The third-order valence-corrected chi connectivity index (χ3v) is 4.21. The summed E-state index contributed by atoms with van der Waals surface area (Å²) in [4.78, 5) is 41.4. The van der Waals surface area contributed by atoms with E-state index in [1.165, 1.54) is 22.5 Å². The number of halogens is 1. The minimum absolute atomic E-state index is 0.258. The Morgan fingerprint density at radius 3 is 2.72 bits per heavy atom. The Morgan fingerprint density at radius 2 is 2.00 bits per heavy atom. The highest BCUT2D eigenvalue weighted by Crippen LogP contribution is 2.20. The molecular weight excluding hydrogens is 346 g/mol. The fourth-order valence-corrected chi connectivity index (χ4v) is 2.77. The SMILES string of the molecule is Cc1ccc(Cl)cc1NC(=O)Cn1c(=O)c2c(ncn2C)n(C)c1=O. The van der Waals surface area contributed by atoms with Gasteiger partial charge in [-0.15, -0.1) is 0 Å². The molecule has 3 aromatic rings. The molecule has 130 valence electrons. The summed E-state index contributed by atoms with van der Waals surface area (Å²) in [6, 6.07) is 5.09. The molecule has 3 rings (SSSR count). The molecule has 8 nitrogen and oxygen atoms in total. The van der Waals surface area contributed by atoms with Gasteiger partial charge in [0.25, 0.3) is 5.56 Å². The zero-order valence-corrected chi connectivity index (χ0v) is 14.7. The van der Waals surface area contributed by atoms with E-state index in [9.17, 15) is 14.4 Å². The van der Waals surface area contributed by atoms with Crippen LogP contribution in [0.25, 0.3) is 11.2 Å². The number of carbonyl (C=O) groups excluding carboxylic acids is 1. The summed E-state index contributed by atoms with van der Waals surface area (Å²) in [7, 11) is 3.16. The number of amides is 1. The van der Waals surface area contributed by atoms with E-state index in [0.29, 0.717) is 10.7 Å². The second-order valence-corrected chi connectivity index (χ2v) is 6.20. The number of benzene rings is 1. The maximum Gasteiger partial charge on any atom is 0.332 e. The van der Waals surface area contributed by atoms with Crippen LogP contribution in [-0.2, 0) is 25.4 Å². The van der Waals surface area contributed by atoms with Gasteiger partial charge in [-0.2, -0.15) is 0 Å². The molecule has 0 aliphatic heterocycles. The molecule has 0 atom stereocenters. The number of anilines is 1. The van der Waals surface area contributed by atoms with Gasteiger partial charge in [0, 0.05) is 24.8 Å². The van der Waals surface area contributed by atoms with Crippen molar-refractivity contribution in [2.75, 3.05) is 5.32 Å². The molecule has 0 spiro atoms. The highest BCUT2D eigenvalue weighted by molar-refractivity contribution is 6.31. The normalized spacial score (nSPS) is 11.0. The van der Waals surface area contributed by atoms with Crippen LogP contribution in [0.3, 0.4) is 0 Å². The number of imidazole rings is 1. The van der Waals surface area contributed by atoms with E-state index in [1.54, 1.807) is 25.2 Å². The lowest BCUT2D eigenvalue weighted by Crippen LogP contribution is -2.42. The fraction of sp³-hybridized carbons (Fsp3) is 0.250. The summed E-state index contributed by atoms with van der Waals surface area (Å²) in [5.41, 5.74) is 0.725. The number of carbonyl (C=O) groups is 1. The molecule has 2 heterocycles. The summed E-state index contributed by atoms with van der Waals surface area (Å²) in [5, 5.41) is 3.15. The van der Waals surface area contributed by atoms with Crippen molar-refractivity contribution in [2.24, 2.45) is 14.1 Å². The standard InChI is InChI=1S/C16H16ClN5O3/c1-9-4-5-10(17)6-11(9)19-12(23)7-22-15(24)13-14(18-8-20(13)2)21(3)16(22)25/h4-6,8H,7H2,1-3H3,(H,19,23). The number of aromatic nitrogens is 4. The maximum atomic E-state index is 12.6. The zero-order chi connectivity index (χ0) is 18.3. The number of fused-ring (bicyclic) bond motifs is 1. The molecule has 0 aliphatic rings. The van der Waals surface area contributed by atoms with Crippen molar-refractivity contribution in [1.82, 2.24) is 18.7 Å². The van der Waals surface area contributed by atoms with Gasteiger partial charge in [-0.25, -0.2) is 14.3 Å². The Bertz CT molecular complexity index is 1110. The van der Waals surface area contributed by atoms with Gasteiger partial charge < -0.3 is 9.88 Å². The first kappa shape index (κ1) is 17.0. The molecule has 9 heteroatoms. The first-order chi connectivity index (χ1) is 11.8. The lowest BCUT2D eigenvalue weighted by molar-refractivity contribution is -0.116. The molecule has 0 saturated carbocycles. The predicted octanol–water partition coefficient (Wildman–Crippen LogP) is 1.03. The van der Waals surface area contributed by atoms with Crippen molar-refractivity contribution in [3.63, 3.8) is 0 Å². The minimum Gasteiger partial charge on any atom is -0.328 e. The van der Waals surface area contributed by atoms with Crippen LogP contribution in [0.1, 0.15) is 5.56 Å². The summed E-state index contributed by atoms with van der Waals surface area (Å²) < 4.78 is 3.65. The lowest BCUT2D eigenvalue weighted by Gasteiger charge is -2.11. The van der Waals surface area contributed by atoms with Gasteiger partial charge in [-0.3, -0.25) is 14.2 Å². The number of aryl methyl sites for hydroxylation is 3. The van der Waals surface area contributed by atoms with Gasteiger partial charge in [-0.05, 0) is 24.6 Å². The first-order valence-electron chi connectivity index (χ1n) is 7.46. The molecular formula is C16H16ClN5O3. The molecule has 25 heavy (non-hydrogen) atoms. The highest BCUT2D eigenvalue weighted by Gasteiger charge is 2.17. The summed E-state index contributed by atoms with van der Waals surface area (Å²) >= 11 is 5.93. The van der Waals surface area contributed by atoms with E-state index < -0.39 is 23.7 Å². The molecule has 0 saturated heterocycles. The molecule has 0 fully saturated rings. The Labute approximate surface area is 147 Å². The topological polar surface area (TPSA) is 90.9 Å². The Kier molecular flexibility index (Phi) is 4.22. The smallest absolute Gasteiger partial charge is 0.328 e. The van der Waals surface area contributed by atoms with Crippen LogP contribution in [0.15, 0.2) is 34.1 Å². The van der Waals surface area contributed by atoms with Gasteiger partial charge in [0.2, 0.25) is 5.91 Å². The molecule has 0 aliphatic carbocycles. The quantitative estimate of drug-likeness (QED) is 0.754. The van der Waals surface area contributed by atoms with Gasteiger partial charge in [0.1, 0.15) is 6.54 Å². The van der Waals surface area contributed by atoms with Crippen molar-refractivity contribution in [3.05, 3.63) is 56.0 Å². The molecule has 2 aromatic heterocycles. The fourth-order valence-electron chi connectivity index (χ4n) is 2.60. The summed E-state index contributed by atoms with van der Waals surface area (Å²) in [5.74, 6) is -0.494. The summed E-state index contributed by atoms with van der Waals surface area (Å²) in [6.07, 6.45) is 1.45. The predicted molar refractivity (Wildman–Crippen MR) is 95.0 cm³/mol. The van der Waals surface area contributed by atoms with E-state index in [2.05, 4.69) is 10.3 Å². The van der Waals surface area contributed by atoms with Crippen LogP contribution in [-0.4, -0.2) is 24.6 Å². The minimum atomic E-state index is -0.603. The van der Waals surface area contributed by atoms with E-state index in [0.717, 1.165) is 10.1 Å². The largest absolute Gasteiger partial charge is 0.332 e. The van der Waals surface area contributed by atoms with Gasteiger partial charge in [0.15, 0.2) is 11.2 Å². The maximum absolute atomic E-state index is 12.6. The number of nitrogens with one attached hydrogen (secondary N) is 1. The van der Waals surface area contributed by atoms with Crippen LogP contribution >= 0.6 is 11.6 Å². The van der Waals surface area contributed by atoms with Crippen LogP contribution in [0.4, 0.5) is 5.69 Å². The number of rotatable bonds is 3. The third-order valence-electron chi connectivity index (χ3n) is 3.98. The Balaban J connectivity index is 1.99. The van der Waals surface area contributed by atoms with E-state index >= 15 is 0 Å². The van der Waals surface area contributed by atoms with Crippen molar-refractivity contribution in [3.8, 4) is 0 Å². The van der Waals surface area contributed by atoms with Gasteiger partial charge in [0.05, 0.1) is 6.33 Å². The molecule has 0 bridgehead atoms. The van der Waals surface area contributed by atoms with E-state index in [4.69, 9.17) is 11.6 Å². The number of nitrogens with zero attached hydrogens (tertiary/aromatic N) is 4. The van der Waals surface area contributed by atoms with Crippen molar-refractivity contribution in [1.29, 1.82) is 0 Å². The molecule has 1 N–H and O–H groups in total. The lowest BCUT2D eigenvalue weighted by atomic mass is 10.2. The van der Waals surface area contributed by atoms with Crippen LogP contribution in [0, 0.1) is 6.92 Å². The highest BCUT2D eigenvalue weighted by atomic mass is 35.5. The van der Waals surface area contributed by atoms with Crippen molar-refractivity contribution >= 4 is 34.4 Å². The monoisotopic (exact) mass is 361 g/mol. The van der Waals surface area contributed by atoms with E-state index in [-0.39, 0.29) is 11.2 Å². The Hall–Kier alpha value is -2.87. The van der Waals surface area contributed by atoms with Gasteiger partial charge in [-0.1, -0.05) is 17.7 Å². The van der Waals surface area contributed by atoms with Gasteiger partial charge >= 0.3 is 5.69 Å². The molecule has 1 aromatic carbocycles. The molecule has 0 unspecified atom stereocenters. The van der Waals surface area contributed by atoms with E-state index in [1.807, 2.05) is 6.92 Å². The Morgan fingerprint density at radius 1 is 1.28 bits per heavy atom. The third kappa shape index (κ3) is 2.96. The molecule has 1 amide bonds. The van der Waals surface area contributed by atoms with Crippen LogP contribution in [0.2, 0.25) is 5.02 Å². The average molecular weight is 362 g/mol. The number of hydrogen-bond acceptors (Lipinski definition) is 4. The first-order valence-corrected chi connectivity index (χ1v) is 7.84. The van der Waals surface area contributed by atoms with Crippen LogP contribution < -0.4 is 16.6 Å². The number of hydrogen-bond donors (Lipinski definition) is 1. The molecule has 0 radical (unpaired) electrons.